The van der Waals surface area contributed by atoms with Crippen molar-refractivity contribution in [1.82, 2.24) is 19.7 Å². The van der Waals surface area contributed by atoms with Crippen LogP contribution in [0.2, 0.25) is 0 Å². The van der Waals surface area contributed by atoms with Gasteiger partial charge in [0.15, 0.2) is 5.82 Å². The van der Waals surface area contributed by atoms with Crippen LogP contribution in [-0.4, -0.2) is 19.7 Å². The topological polar surface area (TPSA) is 43.6 Å². The zero-order valence-corrected chi connectivity index (χ0v) is 8.09. The fourth-order valence-corrected chi connectivity index (χ4v) is 1.32. The molecule has 4 heteroatoms. The highest BCUT2D eigenvalue weighted by molar-refractivity contribution is 5.23. The fraction of sp³-hybridized carbons (Fsp3) is 0.300. The highest BCUT2D eigenvalue weighted by Crippen LogP contribution is 2.05. The molecule has 2 aromatic rings. The van der Waals surface area contributed by atoms with Gasteiger partial charge >= 0.3 is 0 Å². The Balaban J connectivity index is 2.22. The summed E-state index contributed by atoms with van der Waals surface area (Å²) in [5.41, 5.74) is 1.26. The van der Waals surface area contributed by atoms with Gasteiger partial charge in [-0.25, -0.2) is 14.6 Å². The standard InChI is InChI=1S/C10H12N4/c1-2-3-9-4-5-10(12-6-9)14-8-11-7-13-14/h4-8H,2-3H2,1H3. The second kappa shape index (κ2) is 4.00. The second-order valence-corrected chi connectivity index (χ2v) is 3.11. The van der Waals surface area contributed by atoms with Crippen molar-refractivity contribution >= 4 is 0 Å². The van der Waals surface area contributed by atoms with E-state index in [2.05, 4.69) is 28.1 Å². The Morgan fingerprint density at radius 1 is 1.36 bits per heavy atom. The monoisotopic (exact) mass is 188 g/mol. The summed E-state index contributed by atoms with van der Waals surface area (Å²) in [6, 6.07) is 4.03. The average Bonchev–Trinajstić information content (AvgIpc) is 2.72. The lowest BCUT2D eigenvalue weighted by Crippen LogP contribution is -1.98. The van der Waals surface area contributed by atoms with Crippen molar-refractivity contribution < 1.29 is 0 Å². The summed E-state index contributed by atoms with van der Waals surface area (Å²) in [5.74, 6) is 0.808. The third-order valence-electron chi connectivity index (χ3n) is 2.00. The van der Waals surface area contributed by atoms with Crippen molar-refractivity contribution in [2.45, 2.75) is 19.8 Å². The van der Waals surface area contributed by atoms with E-state index in [1.165, 1.54) is 11.9 Å². The second-order valence-electron chi connectivity index (χ2n) is 3.11. The molecule has 0 saturated carbocycles. The number of nitrogens with zero attached hydrogens (tertiary/aromatic N) is 4. The quantitative estimate of drug-likeness (QED) is 0.735. The van der Waals surface area contributed by atoms with Gasteiger partial charge in [-0.1, -0.05) is 19.4 Å². The largest absolute Gasteiger partial charge is 0.237 e. The van der Waals surface area contributed by atoms with E-state index < -0.39 is 0 Å². The summed E-state index contributed by atoms with van der Waals surface area (Å²) in [6.45, 7) is 2.16. The first kappa shape index (κ1) is 8.87. The molecule has 2 heterocycles. The molecule has 0 radical (unpaired) electrons. The Kier molecular flexibility index (Phi) is 2.53. The van der Waals surface area contributed by atoms with Crippen molar-refractivity contribution in [1.29, 1.82) is 0 Å². The van der Waals surface area contributed by atoms with Crippen LogP contribution in [0.25, 0.3) is 5.82 Å². The number of rotatable bonds is 3. The Morgan fingerprint density at radius 2 is 2.29 bits per heavy atom. The molecular weight excluding hydrogens is 176 g/mol. The average molecular weight is 188 g/mol. The lowest BCUT2D eigenvalue weighted by molar-refractivity contribution is 0.836. The van der Waals surface area contributed by atoms with Crippen LogP contribution in [0.1, 0.15) is 18.9 Å². The van der Waals surface area contributed by atoms with E-state index in [1.807, 2.05) is 12.3 Å². The highest BCUT2D eigenvalue weighted by Gasteiger charge is 1.97. The van der Waals surface area contributed by atoms with Gasteiger partial charge in [-0.15, -0.1) is 0 Å². The van der Waals surface area contributed by atoms with Crippen molar-refractivity contribution in [3.05, 3.63) is 36.5 Å². The molecule has 0 unspecified atom stereocenters. The maximum atomic E-state index is 4.30. The SMILES string of the molecule is CCCc1ccc(-n2cncn2)nc1. The molecule has 2 rings (SSSR count). The molecule has 0 aliphatic carbocycles. The first-order valence-electron chi connectivity index (χ1n) is 4.70. The van der Waals surface area contributed by atoms with Crippen LogP contribution < -0.4 is 0 Å². The third kappa shape index (κ3) is 1.79. The Morgan fingerprint density at radius 3 is 2.86 bits per heavy atom. The zero-order chi connectivity index (χ0) is 9.80. The summed E-state index contributed by atoms with van der Waals surface area (Å²) >= 11 is 0. The van der Waals surface area contributed by atoms with E-state index in [0.29, 0.717) is 0 Å². The molecule has 0 saturated heterocycles. The van der Waals surface area contributed by atoms with Crippen molar-refractivity contribution in [2.24, 2.45) is 0 Å². The summed E-state index contributed by atoms with van der Waals surface area (Å²) in [4.78, 5) is 8.17. The normalized spacial score (nSPS) is 10.4. The number of hydrogen-bond donors (Lipinski definition) is 0. The van der Waals surface area contributed by atoms with Crippen LogP contribution in [0.3, 0.4) is 0 Å². The molecule has 0 bridgehead atoms. The number of aromatic nitrogens is 4. The number of aryl methyl sites for hydroxylation is 1. The van der Waals surface area contributed by atoms with Crippen LogP contribution in [0.15, 0.2) is 31.0 Å². The van der Waals surface area contributed by atoms with Crippen LogP contribution in [0, 0.1) is 0 Å². The molecule has 14 heavy (non-hydrogen) atoms. The zero-order valence-electron chi connectivity index (χ0n) is 8.09. The molecule has 0 spiro atoms. The van der Waals surface area contributed by atoms with Crippen LogP contribution >= 0.6 is 0 Å². The molecule has 0 aliphatic heterocycles. The van der Waals surface area contributed by atoms with E-state index >= 15 is 0 Å². The highest BCUT2D eigenvalue weighted by atomic mass is 15.3. The van der Waals surface area contributed by atoms with Crippen molar-refractivity contribution in [3.63, 3.8) is 0 Å². The van der Waals surface area contributed by atoms with Crippen LogP contribution in [0.5, 0.6) is 0 Å². The summed E-state index contributed by atoms with van der Waals surface area (Å²) in [5, 5.41) is 4.01. The Bertz CT molecular complexity index is 377. The Labute approximate surface area is 82.6 Å². The minimum Gasteiger partial charge on any atom is -0.237 e. The maximum absolute atomic E-state index is 4.30. The molecule has 0 fully saturated rings. The molecule has 2 aromatic heterocycles. The van der Waals surface area contributed by atoms with Gasteiger partial charge in [-0.05, 0) is 18.1 Å². The van der Waals surface area contributed by atoms with Crippen molar-refractivity contribution in [3.8, 4) is 5.82 Å². The predicted molar refractivity (Wildman–Crippen MR) is 53.1 cm³/mol. The smallest absolute Gasteiger partial charge is 0.155 e. The van der Waals surface area contributed by atoms with Crippen molar-refractivity contribution in [2.75, 3.05) is 0 Å². The lowest BCUT2D eigenvalue weighted by atomic mass is 10.2. The van der Waals surface area contributed by atoms with Gasteiger partial charge in [-0.2, -0.15) is 5.10 Å². The van der Waals surface area contributed by atoms with Gasteiger partial charge in [-0.3, -0.25) is 0 Å². The molecule has 0 aliphatic rings. The predicted octanol–water partition coefficient (Wildman–Crippen LogP) is 1.61. The van der Waals surface area contributed by atoms with Gasteiger partial charge < -0.3 is 0 Å². The Hall–Kier alpha value is -1.71. The van der Waals surface area contributed by atoms with E-state index in [1.54, 1.807) is 11.0 Å². The van der Waals surface area contributed by atoms with E-state index in [9.17, 15) is 0 Å². The number of hydrogen-bond acceptors (Lipinski definition) is 3. The molecule has 0 aromatic carbocycles. The fourth-order valence-electron chi connectivity index (χ4n) is 1.32. The van der Waals surface area contributed by atoms with Gasteiger partial charge in [0.2, 0.25) is 0 Å². The molecule has 0 amide bonds. The van der Waals surface area contributed by atoms with Crippen LogP contribution in [-0.2, 0) is 6.42 Å². The van der Waals surface area contributed by atoms with Crippen LogP contribution in [0.4, 0.5) is 0 Å². The summed E-state index contributed by atoms with van der Waals surface area (Å²) < 4.78 is 1.65. The summed E-state index contributed by atoms with van der Waals surface area (Å²) in [6.07, 6.45) is 7.25. The maximum Gasteiger partial charge on any atom is 0.155 e. The first-order chi connectivity index (χ1) is 6.90. The van der Waals surface area contributed by atoms with Gasteiger partial charge in [0.1, 0.15) is 12.7 Å². The first-order valence-corrected chi connectivity index (χ1v) is 4.70. The van der Waals surface area contributed by atoms with E-state index in [-0.39, 0.29) is 0 Å². The van der Waals surface area contributed by atoms with Gasteiger partial charge in [0, 0.05) is 6.20 Å². The molecular formula is C10H12N4. The minimum atomic E-state index is 0.808. The number of pyridine rings is 1. The molecule has 4 nitrogen and oxygen atoms in total. The van der Waals surface area contributed by atoms with Gasteiger partial charge in [0.25, 0.3) is 0 Å². The molecule has 0 atom stereocenters. The minimum absolute atomic E-state index is 0.808. The molecule has 72 valence electrons. The van der Waals surface area contributed by atoms with Gasteiger partial charge in [0.05, 0.1) is 0 Å². The molecule has 0 N–H and O–H groups in total. The van der Waals surface area contributed by atoms with E-state index in [4.69, 9.17) is 0 Å². The summed E-state index contributed by atoms with van der Waals surface area (Å²) in [7, 11) is 0. The van der Waals surface area contributed by atoms with E-state index in [0.717, 1.165) is 18.7 Å². The lowest BCUT2D eigenvalue weighted by Gasteiger charge is -2.00. The third-order valence-corrected chi connectivity index (χ3v) is 2.00.